The Bertz CT molecular complexity index is 877. The molecule has 0 amide bonds. The maximum atomic E-state index is 5.60. The smallest absolute Gasteiger partial charge is 0.238 e. The molecule has 0 unspecified atom stereocenters. The van der Waals surface area contributed by atoms with Crippen LogP contribution in [0.2, 0.25) is 0 Å². The van der Waals surface area contributed by atoms with Gasteiger partial charge in [-0.3, -0.25) is 9.98 Å². The van der Waals surface area contributed by atoms with E-state index in [-0.39, 0.29) is 5.95 Å². The number of rotatable bonds is 1. The lowest BCUT2D eigenvalue weighted by Gasteiger charge is -2.13. The number of hydrogen-bond donors (Lipinski definition) is 1. The minimum absolute atomic E-state index is 0.257. The van der Waals surface area contributed by atoms with Crippen molar-refractivity contribution in [3.05, 3.63) is 36.3 Å². The number of hydrogen-bond acceptors (Lipinski definition) is 5. The van der Waals surface area contributed by atoms with Crippen LogP contribution in [0.15, 0.2) is 35.6 Å². The molecule has 1 aliphatic rings. The number of aliphatic imine (C=N–C) groups is 1. The van der Waals surface area contributed by atoms with E-state index in [1.54, 1.807) is 10.7 Å². The average Bonchev–Trinajstić information content (AvgIpc) is 2.89. The maximum absolute atomic E-state index is 5.60. The van der Waals surface area contributed by atoms with Crippen LogP contribution in [-0.4, -0.2) is 25.3 Å². The van der Waals surface area contributed by atoms with Crippen LogP contribution in [0.3, 0.4) is 0 Å². The molecule has 104 valence electrons. The number of aryl methyl sites for hydroxylation is 1. The number of fused-ring (bicyclic) bond motifs is 2. The van der Waals surface area contributed by atoms with Crippen molar-refractivity contribution in [3.63, 3.8) is 0 Å². The minimum Gasteiger partial charge on any atom is -0.367 e. The number of nitrogens with zero attached hydrogens (tertiary/aromatic N) is 5. The highest BCUT2D eigenvalue weighted by Crippen LogP contribution is 2.29. The van der Waals surface area contributed by atoms with Gasteiger partial charge < -0.3 is 5.73 Å². The molecular formula is C15H14N6. The van der Waals surface area contributed by atoms with E-state index in [1.165, 1.54) is 0 Å². The third-order valence-corrected chi connectivity index (χ3v) is 3.70. The predicted molar refractivity (Wildman–Crippen MR) is 81.7 cm³/mol. The molecule has 0 fully saturated rings. The largest absolute Gasteiger partial charge is 0.367 e. The van der Waals surface area contributed by atoms with E-state index >= 15 is 0 Å². The second-order valence-corrected chi connectivity index (χ2v) is 5.19. The molecule has 4 rings (SSSR count). The highest BCUT2D eigenvalue weighted by atomic mass is 15.3. The van der Waals surface area contributed by atoms with Crippen LogP contribution in [-0.2, 0) is 6.42 Å². The van der Waals surface area contributed by atoms with Gasteiger partial charge in [-0.2, -0.15) is 0 Å². The molecule has 2 N–H and O–H groups in total. The molecule has 6 nitrogen and oxygen atoms in total. The first-order valence-corrected chi connectivity index (χ1v) is 6.85. The average molecular weight is 278 g/mol. The molecule has 3 aromatic rings. The van der Waals surface area contributed by atoms with Gasteiger partial charge in [0.25, 0.3) is 0 Å². The molecule has 1 aliphatic heterocycles. The first-order valence-electron chi connectivity index (χ1n) is 6.85. The zero-order chi connectivity index (χ0) is 14.4. The summed E-state index contributed by atoms with van der Waals surface area (Å²) in [5, 5.41) is 4.15. The first-order chi connectivity index (χ1) is 10.2. The van der Waals surface area contributed by atoms with E-state index in [4.69, 9.17) is 10.7 Å². The third-order valence-electron chi connectivity index (χ3n) is 3.70. The fourth-order valence-corrected chi connectivity index (χ4v) is 2.62. The highest BCUT2D eigenvalue weighted by molar-refractivity contribution is 5.87. The number of aromatic nitrogens is 4. The zero-order valence-electron chi connectivity index (χ0n) is 11.6. The summed E-state index contributed by atoms with van der Waals surface area (Å²) in [6.07, 6.45) is 5.50. The van der Waals surface area contributed by atoms with Gasteiger partial charge in [0.2, 0.25) is 5.95 Å². The summed E-state index contributed by atoms with van der Waals surface area (Å²) < 4.78 is 1.72. The van der Waals surface area contributed by atoms with E-state index in [0.29, 0.717) is 0 Å². The lowest BCUT2D eigenvalue weighted by atomic mass is 10.1. The molecule has 0 spiro atoms. The summed E-state index contributed by atoms with van der Waals surface area (Å²) >= 11 is 0. The maximum Gasteiger partial charge on any atom is 0.238 e. The van der Waals surface area contributed by atoms with Crippen LogP contribution in [0.5, 0.6) is 0 Å². The fourth-order valence-electron chi connectivity index (χ4n) is 2.62. The third kappa shape index (κ3) is 1.96. The summed E-state index contributed by atoms with van der Waals surface area (Å²) in [5.74, 6) is 0.257. The van der Waals surface area contributed by atoms with Crippen LogP contribution < -0.4 is 5.73 Å². The quantitative estimate of drug-likeness (QED) is 0.741. The molecule has 0 aliphatic carbocycles. The Morgan fingerprint density at radius 1 is 1.19 bits per heavy atom. The summed E-state index contributed by atoms with van der Waals surface area (Å²) in [5.41, 5.74) is 11.6. The second kappa shape index (κ2) is 4.37. The van der Waals surface area contributed by atoms with Crippen molar-refractivity contribution in [1.29, 1.82) is 0 Å². The Morgan fingerprint density at radius 2 is 2.10 bits per heavy atom. The molecule has 3 aromatic heterocycles. The Hall–Kier alpha value is -2.76. The standard InChI is InChI=1S/C15H14N6/c1-9-2-3-13-12(18-9)5-4-11(19-13)10-6-7-21-14(10)8-17-15(16)20-21/h4-8H,2-3H2,1H3,(H2,16,20). The van der Waals surface area contributed by atoms with Crippen LogP contribution in [0.1, 0.15) is 19.0 Å². The van der Waals surface area contributed by atoms with Crippen molar-refractivity contribution in [2.75, 3.05) is 5.73 Å². The molecule has 6 heteroatoms. The van der Waals surface area contributed by atoms with Crippen molar-refractivity contribution < 1.29 is 0 Å². The van der Waals surface area contributed by atoms with Gasteiger partial charge in [0.1, 0.15) is 0 Å². The topological polar surface area (TPSA) is 81.5 Å². The second-order valence-electron chi connectivity index (χ2n) is 5.19. The van der Waals surface area contributed by atoms with Gasteiger partial charge in [-0.15, -0.1) is 5.10 Å². The Kier molecular flexibility index (Phi) is 2.50. The lowest BCUT2D eigenvalue weighted by molar-refractivity contribution is 0.917. The van der Waals surface area contributed by atoms with E-state index in [1.807, 2.05) is 24.4 Å². The molecule has 0 atom stereocenters. The predicted octanol–water partition coefficient (Wildman–Crippen LogP) is 2.41. The number of nitrogen functional groups attached to an aromatic ring is 1. The number of pyridine rings is 1. The van der Waals surface area contributed by atoms with E-state index in [9.17, 15) is 0 Å². The number of anilines is 1. The molecular weight excluding hydrogens is 264 g/mol. The normalized spacial score (nSPS) is 14.0. The Morgan fingerprint density at radius 3 is 3.00 bits per heavy atom. The molecule has 0 saturated heterocycles. The van der Waals surface area contributed by atoms with Crippen LogP contribution >= 0.6 is 0 Å². The van der Waals surface area contributed by atoms with Crippen LogP contribution in [0, 0.1) is 0 Å². The summed E-state index contributed by atoms with van der Waals surface area (Å²) in [6.45, 7) is 2.06. The van der Waals surface area contributed by atoms with Gasteiger partial charge >= 0.3 is 0 Å². The first kappa shape index (κ1) is 12.0. The Balaban J connectivity index is 1.86. The van der Waals surface area contributed by atoms with Crippen LogP contribution in [0.25, 0.3) is 16.8 Å². The molecule has 0 radical (unpaired) electrons. The van der Waals surface area contributed by atoms with Gasteiger partial charge in [-0.1, -0.05) is 0 Å². The van der Waals surface area contributed by atoms with Crippen molar-refractivity contribution in [2.45, 2.75) is 19.8 Å². The minimum atomic E-state index is 0.257. The number of nitrogens with two attached hydrogens (primary N) is 1. The Labute approximate surface area is 121 Å². The van der Waals surface area contributed by atoms with Crippen molar-refractivity contribution in [1.82, 2.24) is 19.6 Å². The molecule has 0 saturated carbocycles. The highest BCUT2D eigenvalue weighted by Gasteiger charge is 2.14. The van der Waals surface area contributed by atoms with Crippen molar-refractivity contribution in [2.24, 2.45) is 4.99 Å². The molecule has 21 heavy (non-hydrogen) atoms. The van der Waals surface area contributed by atoms with Gasteiger partial charge in [-0.25, -0.2) is 9.50 Å². The fraction of sp³-hybridized carbons (Fsp3) is 0.200. The van der Waals surface area contributed by atoms with Gasteiger partial charge in [0.15, 0.2) is 0 Å². The van der Waals surface area contributed by atoms with Gasteiger partial charge in [0.05, 0.1) is 28.8 Å². The monoisotopic (exact) mass is 278 g/mol. The van der Waals surface area contributed by atoms with Crippen LogP contribution in [0.4, 0.5) is 11.6 Å². The van der Waals surface area contributed by atoms with Crippen molar-refractivity contribution >= 4 is 22.9 Å². The van der Waals surface area contributed by atoms with Gasteiger partial charge in [0, 0.05) is 17.5 Å². The summed E-state index contributed by atoms with van der Waals surface area (Å²) in [4.78, 5) is 13.4. The summed E-state index contributed by atoms with van der Waals surface area (Å²) in [7, 11) is 0. The summed E-state index contributed by atoms with van der Waals surface area (Å²) in [6, 6.07) is 6.00. The zero-order valence-corrected chi connectivity index (χ0v) is 11.6. The van der Waals surface area contributed by atoms with E-state index < -0.39 is 0 Å². The molecule has 0 aromatic carbocycles. The SMILES string of the molecule is CC1=Nc2ccc(-c3ccn4nc(N)ncc34)nc2CC1. The van der Waals surface area contributed by atoms with Crippen molar-refractivity contribution in [3.8, 4) is 11.3 Å². The molecule has 0 bridgehead atoms. The van der Waals surface area contributed by atoms with E-state index in [0.717, 1.165) is 46.7 Å². The lowest BCUT2D eigenvalue weighted by Crippen LogP contribution is -2.04. The van der Waals surface area contributed by atoms with Gasteiger partial charge in [-0.05, 0) is 38.0 Å². The molecule has 4 heterocycles. The van der Waals surface area contributed by atoms with E-state index in [2.05, 4.69) is 22.0 Å².